The average molecular weight is 718 g/mol. The second-order valence-corrected chi connectivity index (χ2v) is 14.5. The number of sulfonamides is 2. The molecule has 1 heterocycles. The van der Waals surface area contributed by atoms with Crippen LogP contribution in [-0.2, 0) is 36.9 Å². The second kappa shape index (κ2) is 18.4. The van der Waals surface area contributed by atoms with E-state index >= 15 is 0 Å². The summed E-state index contributed by atoms with van der Waals surface area (Å²) < 4.78 is 117. The van der Waals surface area contributed by atoms with Gasteiger partial charge in [0.25, 0.3) is 0 Å². The molecule has 0 spiro atoms. The molecule has 0 aliphatic rings. The van der Waals surface area contributed by atoms with Gasteiger partial charge in [0.1, 0.15) is 6.54 Å². The van der Waals surface area contributed by atoms with Crippen LogP contribution < -0.4 is 9.88 Å². The lowest BCUT2D eigenvalue weighted by molar-refractivity contribution is -0.697. The highest BCUT2D eigenvalue weighted by atomic mass is 32.3. The third-order valence-corrected chi connectivity index (χ3v) is 9.33. The summed E-state index contributed by atoms with van der Waals surface area (Å²) in [5.74, 6) is 0. The fourth-order valence-electron chi connectivity index (χ4n) is 3.96. The molecule has 17 heteroatoms. The summed E-state index contributed by atoms with van der Waals surface area (Å²) in [5.41, 5.74) is -9.77. The van der Waals surface area contributed by atoms with Gasteiger partial charge in [-0.1, -0.05) is 68.5 Å². The fourth-order valence-corrected chi connectivity index (χ4v) is 5.67. The number of amides is 1. The number of ether oxygens (including phenoxy) is 1. The topological polar surface area (TPSA) is 125 Å². The molecule has 0 atom stereocenters. The number of aryl methyl sites for hydroxylation is 1. The summed E-state index contributed by atoms with van der Waals surface area (Å²) in [6.45, 7) is 11.5. The van der Waals surface area contributed by atoms with Crippen molar-refractivity contribution in [2.45, 2.75) is 95.2 Å². The van der Waals surface area contributed by atoms with Gasteiger partial charge < -0.3 is 14.2 Å². The molecule has 9 nitrogen and oxygen atoms in total. The number of nitrogens with zero attached hydrogens (tertiary/aromatic N) is 2. The van der Waals surface area contributed by atoms with Crippen LogP contribution in [0.1, 0.15) is 83.3 Å². The second-order valence-electron chi connectivity index (χ2n) is 11.1. The summed E-state index contributed by atoms with van der Waals surface area (Å²) in [4.78, 5) is 12.2. The lowest BCUT2D eigenvalue weighted by atomic mass is 9.92. The molecule has 0 bridgehead atoms. The molecule has 0 unspecified atom stereocenters. The SMILES string of the molecule is C=C(C)c1cccc(C(C)(C)NC(=O)OCCCCCCCCCC[n+]2ccccc2)c1.O=S(=O)([N-]S(=O)(=O)C(F)(F)F)C(F)(F)F. The van der Waals surface area contributed by atoms with Crippen LogP contribution in [0.4, 0.5) is 31.1 Å². The fraction of sp³-hybridized carbons (Fsp3) is 0.533. The van der Waals surface area contributed by atoms with Gasteiger partial charge in [0.05, 0.1) is 12.1 Å². The van der Waals surface area contributed by atoms with E-state index in [0.717, 1.165) is 40.2 Å². The van der Waals surface area contributed by atoms with E-state index in [1.807, 2.05) is 39.0 Å². The summed E-state index contributed by atoms with van der Waals surface area (Å²) in [6, 6.07) is 14.3. The number of allylic oxidation sites excluding steroid dienone is 1. The highest BCUT2D eigenvalue weighted by molar-refractivity contribution is 8.13. The van der Waals surface area contributed by atoms with Crippen molar-refractivity contribution >= 4 is 31.7 Å². The Bertz CT molecular complexity index is 1460. The van der Waals surface area contributed by atoms with Gasteiger partial charge in [-0.3, -0.25) is 0 Å². The molecular weight excluding hydrogens is 676 g/mol. The van der Waals surface area contributed by atoms with E-state index in [1.165, 1.54) is 38.5 Å². The number of alkyl halides is 6. The molecule has 1 N–H and O–H groups in total. The van der Waals surface area contributed by atoms with Crippen molar-refractivity contribution in [1.82, 2.24) is 5.32 Å². The first-order valence-electron chi connectivity index (χ1n) is 14.6. The summed E-state index contributed by atoms with van der Waals surface area (Å²) in [6.07, 6.45) is 13.5. The lowest BCUT2D eigenvalue weighted by Crippen LogP contribution is -2.41. The smallest absolute Gasteiger partial charge is 0.450 e. The minimum absolute atomic E-state index is 0.355. The summed E-state index contributed by atoms with van der Waals surface area (Å²) in [5, 5.41) is 2.99. The van der Waals surface area contributed by atoms with Gasteiger partial charge in [0.15, 0.2) is 32.4 Å². The van der Waals surface area contributed by atoms with Gasteiger partial charge in [0.2, 0.25) is 0 Å². The van der Waals surface area contributed by atoms with E-state index in [-0.39, 0.29) is 6.09 Å². The number of aromatic nitrogens is 1. The molecule has 47 heavy (non-hydrogen) atoms. The number of hydrogen-bond acceptors (Lipinski definition) is 6. The van der Waals surface area contributed by atoms with Crippen molar-refractivity contribution in [2.24, 2.45) is 0 Å². The molecule has 0 saturated carbocycles. The van der Waals surface area contributed by atoms with Crippen molar-refractivity contribution in [3.63, 3.8) is 0 Å². The van der Waals surface area contributed by atoms with Crippen LogP contribution in [-0.4, -0.2) is 40.6 Å². The van der Waals surface area contributed by atoms with Crippen LogP contribution in [0, 0.1) is 0 Å². The predicted molar refractivity (Wildman–Crippen MR) is 166 cm³/mol. The number of benzene rings is 1. The third kappa shape index (κ3) is 15.5. The summed E-state index contributed by atoms with van der Waals surface area (Å²) in [7, 11) is -13.4. The van der Waals surface area contributed by atoms with Crippen molar-refractivity contribution in [3.8, 4) is 0 Å². The Morgan fingerprint density at radius 1 is 0.809 bits per heavy atom. The van der Waals surface area contributed by atoms with Gasteiger partial charge in [-0.2, -0.15) is 26.3 Å². The summed E-state index contributed by atoms with van der Waals surface area (Å²) >= 11 is 0. The maximum absolute atomic E-state index is 12.2. The third-order valence-electron chi connectivity index (χ3n) is 6.59. The number of rotatable bonds is 16. The molecule has 266 valence electrons. The zero-order valence-electron chi connectivity index (χ0n) is 26.4. The standard InChI is InChI=1S/C28H40N2O2.C2F6NO4S2/c1-24(2)25-17-16-18-26(23-25)28(3,4)29-27(31)32-22-15-10-8-6-5-7-9-12-19-30-20-13-11-14-21-30;3-1(4,5)14(10,11)9-15(12,13)2(6,7)8/h11,13-14,16-18,20-21,23H,1,5-10,12,15,19,22H2,2-4H3;/q;-1/p+1. The quantitative estimate of drug-likeness (QED) is 0.107. The first kappa shape index (κ1) is 41.8. The van der Waals surface area contributed by atoms with Gasteiger partial charge in [0, 0.05) is 18.6 Å². The number of halogens is 6. The van der Waals surface area contributed by atoms with Crippen LogP contribution >= 0.6 is 0 Å². The Morgan fingerprint density at radius 3 is 1.79 bits per heavy atom. The number of carbonyl (C=O) groups excluding carboxylic acids is 1. The minimum atomic E-state index is -6.72. The van der Waals surface area contributed by atoms with Crippen molar-refractivity contribution in [3.05, 3.63) is 76.7 Å². The Hall–Kier alpha value is -3.18. The van der Waals surface area contributed by atoms with E-state index in [0.29, 0.717) is 6.61 Å². The van der Waals surface area contributed by atoms with Crippen LogP contribution in [0.2, 0.25) is 0 Å². The highest BCUT2D eigenvalue weighted by Gasteiger charge is 2.47. The molecular formula is C30H41F6N3O6S2. The first-order chi connectivity index (χ1) is 21.6. The number of carbonyl (C=O) groups is 1. The van der Waals surface area contributed by atoms with Gasteiger partial charge >= 0.3 is 17.1 Å². The Labute approximate surface area is 272 Å². The normalized spacial score (nSPS) is 12.5. The molecule has 0 fully saturated rings. The average Bonchev–Trinajstić information content (AvgIpc) is 2.95. The minimum Gasteiger partial charge on any atom is -0.450 e. The molecule has 1 aromatic carbocycles. The van der Waals surface area contributed by atoms with Gasteiger partial charge in [-0.15, -0.1) is 0 Å². The molecule has 2 rings (SSSR count). The Morgan fingerprint density at radius 2 is 1.30 bits per heavy atom. The zero-order valence-corrected chi connectivity index (χ0v) is 28.0. The Kier molecular flexibility index (Phi) is 16.4. The van der Waals surface area contributed by atoms with E-state index in [9.17, 15) is 48.0 Å². The van der Waals surface area contributed by atoms with Crippen molar-refractivity contribution in [1.29, 1.82) is 0 Å². The van der Waals surface area contributed by atoms with Crippen LogP contribution in [0.3, 0.4) is 0 Å². The number of unbranched alkanes of at least 4 members (excludes halogenated alkanes) is 7. The molecule has 1 amide bonds. The highest BCUT2D eigenvalue weighted by Crippen LogP contribution is 2.36. The van der Waals surface area contributed by atoms with Crippen molar-refractivity contribution in [2.75, 3.05) is 6.61 Å². The zero-order chi connectivity index (χ0) is 35.9. The number of hydrogen-bond donors (Lipinski definition) is 1. The molecule has 0 saturated heterocycles. The number of pyridine rings is 1. The maximum atomic E-state index is 12.2. The first-order valence-corrected chi connectivity index (χ1v) is 17.5. The Balaban J connectivity index is 0.000000620. The molecule has 0 aliphatic heterocycles. The number of alkyl carbamates (subject to hydrolysis) is 1. The van der Waals surface area contributed by atoms with Gasteiger partial charge in [-0.25, -0.2) is 26.2 Å². The number of nitrogens with one attached hydrogen (secondary N) is 1. The molecule has 1 aromatic heterocycles. The van der Waals surface area contributed by atoms with E-state index in [4.69, 9.17) is 4.74 Å². The molecule has 0 aliphatic carbocycles. The monoisotopic (exact) mass is 717 g/mol. The van der Waals surface area contributed by atoms with Crippen LogP contribution in [0.25, 0.3) is 9.70 Å². The predicted octanol–water partition coefficient (Wildman–Crippen LogP) is 7.85. The maximum Gasteiger partial charge on any atom is 0.480 e. The van der Waals surface area contributed by atoms with E-state index < -0.39 is 36.6 Å². The van der Waals surface area contributed by atoms with E-state index in [2.05, 4.69) is 53.1 Å². The van der Waals surface area contributed by atoms with E-state index in [1.54, 1.807) is 0 Å². The van der Waals surface area contributed by atoms with Crippen LogP contribution in [0.5, 0.6) is 0 Å². The van der Waals surface area contributed by atoms with Gasteiger partial charge in [-0.05, 0) is 50.8 Å². The largest absolute Gasteiger partial charge is 0.480 e. The molecule has 2 aromatic rings. The van der Waals surface area contributed by atoms with Crippen molar-refractivity contribution < 1.29 is 57.3 Å². The lowest BCUT2D eigenvalue weighted by Gasteiger charge is -2.27. The molecule has 0 radical (unpaired) electrons. The van der Waals surface area contributed by atoms with Crippen LogP contribution in [0.15, 0.2) is 61.4 Å².